The molecule has 1 saturated carbocycles. The highest BCUT2D eigenvalue weighted by atomic mass is 35.5. The predicted molar refractivity (Wildman–Crippen MR) is 150 cm³/mol. The number of hydrogen-bond acceptors (Lipinski definition) is 6. The van der Waals surface area contributed by atoms with Gasteiger partial charge in [0.1, 0.15) is 11.6 Å². The number of likely N-dealkylation sites (tertiary alicyclic amines) is 1. The van der Waals surface area contributed by atoms with Crippen molar-refractivity contribution >= 4 is 41.2 Å². The van der Waals surface area contributed by atoms with Gasteiger partial charge in [0.05, 0.1) is 24.8 Å². The summed E-state index contributed by atoms with van der Waals surface area (Å²) in [5, 5.41) is 1.24. The quantitative estimate of drug-likeness (QED) is 0.306. The number of amides is 1. The van der Waals surface area contributed by atoms with Crippen LogP contribution in [0.1, 0.15) is 65.5 Å². The maximum Gasteiger partial charge on any atom is 0.265 e. The van der Waals surface area contributed by atoms with Gasteiger partial charge in [-0.1, -0.05) is 23.2 Å². The number of carbonyl (C=O) groups excluding carboxylic acids is 1. The smallest absolute Gasteiger partial charge is 0.265 e. The lowest BCUT2D eigenvalue weighted by atomic mass is 9.95. The number of benzene rings is 2. The molecule has 2 heterocycles. The molecule has 1 amide bonds. The summed E-state index contributed by atoms with van der Waals surface area (Å²) in [5.41, 5.74) is 2.09. The van der Waals surface area contributed by atoms with E-state index in [1.165, 1.54) is 18.2 Å². The predicted octanol–water partition coefficient (Wildman–Crippen LogP) is 6.49. The molecule has 1 N–H and O–H groups in total. The van der Waals surface area contributed by atoms with Gasteiger partial charge in [0.25, 0.3) is 5.91 Å². The second kappa shape index (κ2) is 12.7. The minimum absolute atomic E-state index is 0.0755. The van der Waals surface area contributed by atoms with E-state index in [1.54, 1.807) is 19.2 Å². The summed E-state index contributed by atoms with van der Waals surface area (Å²) >= 11 is 13.8. The summed E-state index contributed by atoms with van der Waals surface area (Å²) < 4.78 is 31.5. The Bertz CT molecular complexity index is 1120. The summed E-state index contributed by atoms with van der Waals surface area (Å²) in [6, 6.07) is 8.82. The number of rotatable bonds is 11. The fourth-order valence-corrected chi connectivity index (χ4v) is 6.41. The van der Waals surface area contributed by atoms with Crippen molar-refractivity contribution in [3.8, 4) is 5.75 Å². The van der Waals surface area contributed by atoms with Crippen LogP contribution in [0, 0.1) is 11.7 Å². The van der Waals surface area contributed by atoms with Gasteiger partial charge in [0.15, 0.2) is 0 Å². The van der Waals surface area contributed by atoms with E-state index in [0.29, 0.717) is 40.8 Å². The number of hydrogen-bond donors (Lipinski definition) is 1. The molecule has 0 aromatic heterocycles. The van der Waals surface area contributed by atoms with E-state index < -0.39 is 11.7 Å². The number of carbonyl (C=O) groups is 1. The average Bonchev–Trinajstić information content (AvgIpc) is 3.70. The highest BCUT2D eigenvalue weighted by Crippen LogP contribution is 2.45. The highest BCUT2D eigenvalue weighted by molar-refractivity contribution is 7.95. The molecule has 2 aromatic rings. The van der Waals surface area contributed by atoms with Crippen LogP contribution in [-0.2, 0) is 4.74 Å². The molecular formula is C28H34Cl2FN3O3S. The zero-order chi connectivity index (χ0) is 26.6. The second-order valence-corrected chi connectivity index (χ2v) is 12.2. The second-order valence-electron chi connectivity index (χ2n) is 10.4. The summed E-state index contributed by atoms with van der Waals surface area (Å²) in [6.07, 6.45) is 5.13. The fraction of sp³-hybridized carbons (Fsp3) is 0.536. The molecule has 0 radical (unpaired) electrons. The van der Waals surface area contributed by atoms with Crippen LogP contribution >= 0.6 is 35.3 Å². The van der Waals surface area contributed by atoms with Gasteiger partial charge in [0.2, 0.25) is 0 Å². The molecule has 6 nitrogen and oxygen atoms in total. The van der Waals surface area contributed by atoms with E-state index in [0.717, 1.165) is 69.4 Å². The van der Waals surface area contributed by atoms with E-state index in [2.05, 4.69) is 9.62 Å². The van der Waals surface area contributed by atoms with Crippen LogP contribution in [-0.4, -0.2) is 61.6 Å². The molecule has 5 rings (SSSR count). The van der Waals surface area contributed by atoms with Crippen molar-refractivity contribution in [2.24, 2.45) is 5.92 Å². The summed E-state index contributed by atoms with van der Waals surface area (Å²) in [7, 11) is 1.70. The summed E-state index contributed by atoms with van der Waals surface area (Å²) in [5.74, 6) is 0.338. The van der Waals surface area contributed by atoms with Crippen molar-refractivity contribution in [3.05, 3.63) is 62.9 Å². The van der Waals surface area contributed by atoms with E-state index in [9.17, 15) is 9.18 Å². The topological polar surface area (TPSA) is 54.0 Å². The standard InChI is InChI=1S/C28H34Cl2FN3O3S/c1-36-17-26(20-11-21(29)13-22(30)12-20)33-9-5-18(6-10-33)16-37-27-15-25(31)24(14-23(27)19-3-4-19)28(35)32-38-34-7-2-8-34/h11-15,18-19,26H,2-10,16-17H2,1H3,(H,32,35). The Labute approximate surface area is 238 Å². The van der Waals surface area contributed by atoms with Crippen LogP contribution in [0.5, 0.6) is 5.75 Å². The number of methoxy groups -OCH3 is 1. The fourth-order valence-electron chi connectivity index (χ4n) is 5.10. The number of halogens is 3. The zero-order valence-electron chi connectivity index (χ0n) is 21.6. The van der Waals surface area contributed by atoms with Gasteiger partial charge in [-0.25, -0.2) is 8.70 Å². The maximum absolute atomic E-state index is 15.0. The lowest BCUT2D eigenvalue weighted by Crippen LogP contribution is -2.39. The summed E-state index contributed by atoms with van der Waals surface area (Å²) in [6.45, 7) is 4.75. The third-order valence-electron chi connectivity index (χ3n) is 7.60. The van der Waals surface area contributed by atoms with Crippen LogP contribution in [0.25, 0.3) is 0 Å². The Morgan fingerprint density at radius 1 is 1.08 bits per heavy atom. The Kier molecular flexibility index (Phi) is 9.39. The first-order chi connectivity index (χ1) is 18.4. The van der Waals surface area contributed by atoms with Gasteiger partial charge in [-0.2, -0.15) is 0 Å². The van der Waals surface area contributed by atoms with E-state index in [1.807, 2.05) is 16.4 Å². The normalized spacial score (nSPS) is 19.7. The van der Waals surface area contributed by atoms with Crippen molar-refractivity contribution in [3.63, 3.8) is 0 Å². The van der Waals surface area contributed by atoms with Crippen molar-refractivity contribution in [2.75, 3.05) is 46.5 Å². The SMILES string of the molecule is COCC(c1cc(Cl)cc(Cl)c1)N1CCC(COc2cc(F)c(C(=O)NSN3CCC3)cc2C2CC2)CC1. The van der Waals surface area contributed by atoms with E-state index in [-0.39, 0.29) is 11.6 Å². The lowest BCUT2D eigenvalue weighted by Gasteiger charge is -2.37. The third kappa shape index (κ3) is 6.95. The summed E-state index contributed by atoms with van der Waals surface area (Å²) in [4.78, 5) is 15.0. The zero-order valence-corrected chi connectivity index (χ0v) is 23.9. The molecule has 2 aliphatic heterocycles. The molecule has 38 heavy (non-hydrogen) atoms. The molecule has 3 fully saturated rings. The number of nitrogens with zero attached hydrogens (tertiary/aromatic N) is 2. The molecule has 3 aliphatic rings. The maximum atomic E-state index is 15.0. The van der Waals surface area contributed by atoms with Crippen LogP contribution in [0.15, 0.2) is 30.3 Å². The molecule has 206 valence electrons. The Morgan fingerprint density at radius 3 is 2.39 bits per heavy atom. The average molecular weight is 583 g/mol. The van der Waals surface area contributed by atoms with Gasteiger partial charge < -0.3 is 9.47 Å². The first-order valence-corrected chi connectivity index (χ1v) is 14.8. The van der Waals surface area contributed by atoms with Crippen molar-refractivity contribution in [2.45, 2.75) is 44.1 Å². The lowest BCUT2D eigenvalue weighted by molar-refractivity contribution is 0.0556. The van der Waals surface area contributed by atoms with Crippen molar-refractivity contribution < 1.29 is 18.7 Å². The Hall–Kier alpha value is -1.55. The monoisotopic (exact) mass is 581 g/mol. The highest BCUT2D eigenvalue weighted by Gasteiger charge is 2.31. The minimum atomic E-state index is -0.538. The molecule has 10 heteroatoms. The van der Waals surface area contributed by atoms with Crippen LogP contribution in [0.3, 0.4) is 0 Å². The number of nitrogens with one attached hydrogen (secondary N) is 1. The van der Waals surface area contributed by atoms with Gasteiger partial charge in [-0.05, 0) is 92.4 Å². The molecule has 0 bridgehead atoms. The first-order valence-electron chi connectivity index (χ1n) is 13.3. The molecule has 1 aliphatic carbocycles. The number of piperidine rings is 1. The first kappa shape index (κ1) is 28.0. The molecule has 1 atom stereocenters. The van der Waals surface area contributed by atoms with Crippen molar-refractivity contribution in [1.82, 2.24) is 13.9 Å². The van der Waals surface area contributed by atoms with Crippen LogP contribution in [0.4, 0.5) is 4.39 Å². The van der Waals surface area contributed by atoms with Crippen LogP contribution in [0.2, 0.25) is 10.0 Å². The van der Waals surface area contributed by atoms with E-state index in [4.69, 9.17) is 32.7 Å². The van der Waals surface area contributed by atoms with Gasteiger partial charge in [-0.15, -0.1) is 0 Å². The molecule has 0 spiro atoms. The Balaban J connectivity index is 1.19. The molecule has 2 aromatic carbocycles. The molecule has 2 saturated heterocycles. The van der Waals surface area contributed by atoms with Gasteiger partial charge in [0, 0.05) is 48.4 Å². The number of ether oxygens (including phenoxy) is 2. The minimum Gasteiger partial charge on any atom is -0.493 e. The third-order valence-corrected chi connectivity index (χ3v) is 8.94. The van der Waals surface area contributed by atoms with Crippen molar-refractivity contribution in [1.29, 1.82) is 0 Å². The van der Waals surface area contributed by atoms with Gasteiger partial charge >= 0.3 is 0 Å². The van der Waals surface area contributed by atoms with Gasteiger partial charge in [-0.3, -0.25) is 14.4 Å². The molecule has 1 unspecified atom stereocenters. The van der Waals surface area contributed by atoms with E-state index >= 15 is 0 Å². The Morgan fingerprint density at radius 2 is 1.79 bits per heavy atom. The van der Waals surface area contributed by atoms with Crippen LogP contribution < -0.4 is 9.46 Å². The largest absolute Gasteiger partial charge is 0.493 e. The molecular weight excluding hydrogens is 548 g/mol.